The lowest BCUT2D eigenvalue weighted by Gasteiger charge is -2.14. The first-order valence-corrected chi connectivity index (χ1v) is 10.9. The second-order valence-electron chi connectivity index (χ2n) is 7.43. The smallest absolute Gasteiger partial charge is 0.230 e. The van der Waals surface area contributed by atoms with E-state index in [-0.39, 0.29) is 11.7 Å². The van der Waals surface area contributed by atoms with Crippen molar-refractivity contribution in [3.05, 3.63) is 58.6 Å². The number of carbonyl (C=O) groups is 1. The summed E-state index contributed by atoms with van der Waals surface area (Å²) in [4.78, 5) is 12.2. The summed E-state index contributed by atoms with van der Waals surface area (Å²) in [6.45, 7) is 8.92. The van der Waals surface area contributed by atoms with Crippen LogP contribution in [0, 0.1) is 19.8 Å². The Morgan fingerprint density at radius 1 is 1.17 bits per heavy atom. The normalized spacial score (nSPS) is 11.1. The molecule has 5 nitrogen and oxygen atoms in total. The summed E-state index contributed by atoms with van der Waals surface area (Å²) >= 11 is 7.58. The molecule has 0 aliphatic carbocycles. The minimum Gasteiger partial charge on any atom is -0.355 e. The second kappa shape index (κ2) is 9.46. The number of thioether (sulfide) groups is 1. The Balaban J connectivity index is 1.99. The van der Waals surface area contributed by atoms with Gasteiger partial charge in [-0.3, -0.25) is 9.36 Å². The predicted octanol–water partition coefficient (Wildman–Crippen LogP) is 5.07. The van der Waals surface area contributed by atoms with Gasteiger partial charge in [0, 0.05) is 17.1 Å². The van der Waals surface area contributed by atoms with Crippen molar-refractivity contribution in [3.63, 3.8) is 0 Å². The number of aromatic nitrogens is 3. The van der Waals surface area contributed by atoms with Crippen LogP contribution >= 0.6 is 23.4 Å². The van der Waals surface area contributed by atoms with Gasteiger partial charge in [0.2, 0.25) is 5.91 Å². The standard InChI is InChI=1S/C22H25ClN4OS/c1-14(2)12-24-20(28)13-29-22-26-25-21(17-6-5-7-18(23)11-17)27(22)19-10-15(3)8-9-16(19)4/h5-11,14H,12-13H2,1-4H3,(H,24,28). The van der Waals surface area contributed by atoms with Crippen molar-refractivity contribution >= 4 is 29.3 Å². The third-order valence-corrected chi connectivity index (χ3v) is 5.53. The number of hydrogen-bond donors (Lipinski definition) is 1. The average Bonchev–Trinajstić information content (AvgIpc) is 3.10. The van der Waals surface area contributed by atoms with E-state index in [1.54, 1.807) is 0 Å². The SMILES string of the molecule is Cc1ccc(C)c(-n2c(SCC(=O)NCC(C)C)nnc2-c2cccc(Cl)c2)c1. The van der Waals surface area contributed by atoms with Gasteiger partial charge in [-0.15, -0.1) is 10.2 Å². The molecule has 0 spiro atoms. The van der Waals surface area contributed by atoms with Crippen LogP contribution in [0.15, 0.2) is 47.6 Å². The van der Waals surface area contributed by atoms with Crippen LogP contribution in [0.2, 0.25) is 5.02 Å². The highest BCUT2D eigenvalue weighted by Crippen LogP contribution is 2.31. The van der Waals surface area contributed by atoms with Crippen LogP contribution in [0.3, 0.4) is 0 Å². The van der Waals surface area contributed by atoms with Gasteiger partial charge in [-0.2, -0.15) is 0 Å². The minimum absolute atomic E-state index is 0.0106. The van der Waals surface area contributed by atoms with Crippen molar-refractivity contribution < 1.29 is 4.79 Å². The van der Waals surface area contributed by atoms with Crippen LogP contribution in [0.25, 0.3) is 17.1 Å². The molecule has 1 N–H and O–H groups in total. The highest BCUT2D eigenvalue weighted by molar-refractivity contribution is 7.99. The van der Waals surface area contributed by atoms with E-state index >= 15 is 0 Å². The van der Waals surface area contributed by atoms with Gasteiger partial charge in [-0.25, -0.2) is 0 Å². The number of nitrogens with one attached hydrogen (secondary N) is 1. The number of benzene rings is 2. The fourth-order valence-corrected chi connectivity index (χ4v) is 3.82. The van der Waals surface area contributed by atoms with Crippen LogP contribution in [-0.2, 0) is 4.79 Å². The van der Waals surface area contributed by atoms with Gasteiger partial charge in [0.15, 0.2) is 11.0 Å². The molecule has 0 unspecified atom stereocenters. The lowest BCUT2D eigenvalue weighted by molar-refractivity contribution is -0.118. The van der Waals surface area contributed by atoms with Gasteiger partial charge in [-0.1, -0.05) is 61.5 Å². The van der Waals surface area contributed by atoms with Crippen LogP contribution in [0.5, 0.6) is 0 Å². The third kappa shape index (κ3) is 5.40. The zero-order chi connectivity index (χ0) is 21.0. The van der Waals surface area contributed by atoms with E-state index < -0.39 is 0 Å². The summed E-state index contributed by atoms with van der Waals surface area (Å²) in [5.74, 6) is 1.39. The van der Waals surface area contributed by atoms with Crippen molar-refractivity contribution in [2.24, 2.45) is 5.92 Å². The maximum Gasteiger partial charge on any atom is 0.230 e. The minimum atomic E-state index is -0.0106. The summed E-state index contributed by atoms with van der Waals surface area (Å²) in [5, 5.41) is 13.1. The molecule has 1 heterocycles. The fraction of sp³-hybridized carbons (Fsp3) is 0.318. The van der Waals surface area contributed by atoms with Crippen molar-refractivity contribution in [2.45, 2.75) is 32.9 Å². The van der Waals surface area contributed by atoms with E-state index in [4.69, 9.17) is 11.6 Å². The highest BCUT2D eigenvalue weighted by atomic mass is 35.5. The first kappa shape index (κ1) is 21.4. The Bertz CT molecular complexity index is 1020. The van der Waals surface area contributed by atoms with Crippen molar-refractivity contribution in [1.82, 2.24) is 20.1 Å². The Labute approximate surface area is 180 Å². The molecule has 0 bridgehead atoms. The van der Waals surface area contributed by atoms with Gasteiger partial charge in [0.25, 0.3) is 0 Å². The number of amides is 1. The molecular weight excluding hydrogens is 404 g/mol. The molecule has 1 amide bonds. The number of nitrogens with zero attached hydrogens (tertiary/aromatic N) is 3. The first-order chi connectivity index (χ1) is 13.8. The maximum absolute atomic E-state index is 12.2. The van der Waals surface area contributed by atoms with Crippen LogP contribution in [0.4, 0.5) is 0 Å². The largest absolute Gasteiger partial charge is 0.355 e. The fourth-order valence-electron chi connectivity index (χ4n) is 2.85. The van der Waals surface area contributed by atoms with Crippen molar-refractivity contribution in [3.8, 4) is 17.1 Å². The number of rotatable bonds is 7. The molecular formula is C22H25ClN4OS. The van der Waals surface area contributed by atoms with E-state index in [0.717, 1.165) is 22.4 Å². The van der Waals surface area contributed by atoms with E-state index in [9.17, 15) is 4.79 Å². The van der Waals surface area contributed by atoms with E-state index in [1.165, 1.54) is 11.8 Å². The number of aryl methyl sites for hydroxylation is 2. The quantitative estimate of drug-likeness (QED) is 0.534. The number of halogens is 1. The topological polar surface area (TPSA) is 59.8 Å². The van der Waals surface area contributed by atoms with Gasteiger partial charge >= 0.3 is 0 Å². The van der Waals surface area contributed by atoms with Gasteiger partial charge in [0.1, 0.15) is 0 Å². The van der Waals surface area contributed by atoms with Gasteiger partial charge in [0.05, 0.1) is 11.4 Å². The molecule has 0 saturated carbocycles. The number of carbonyl (C=O) groups excluding carboxylic acids is 1. The molecule has 0 atom stereocenters. The zero-order valence-corrected chi connectivity index (χ0v) is 18.6. The summed E-state index contributed by atoms with van der Waals surface area (Å²) in [6.07, 6.45) is 0. The molecule has 3 aromatic rings. The van der Waals surface area contributed by atoms with Crippen molar-refractivity contribution in [1.29, 1.82) is 0 Å². The molecule has 0 saturated heterocycles. The first-order valence-electron chi connectivity index (χ1n) is 9.53. The summed E-state index contributed by atoms with van der Waals surface area (Å²) in [7, 11) is 0. The average molecular weight is 429 g/mol. The lowest BCUT2D eigenvalue weighted by atomic mass is 10.1. The van der Waals surface area contributed by atoms with E-state index in [0.29, 0.717) is 28.5 Å². The Morgan fingerprint density at radius 2 is 1.97 bits per heavy atom. The summed E-state index contributed by atoms with van der Waals surface area (Å²) in [5.41, 5.74) is 4.11. The zero-order valence-electron chi connectivity index (χ0n) is 17.1. The van der Waals surface area contributed by atoms with Crippen molar-refractivity contribution in [2.75, 3.05) is 12.3 Å². The molecule has 0 fully saturated rings. The molecule has 1 aromatic heterocycles. The number of hydrogen-bond acceptors (Lipinski definition) is 4. The molecule has 2 aromatic carbocycles. The molecule has 29 heavy (non-hydrogen) atoms. The third-order valence-electron chi connectivity index (χ3n) is 4.36. The summed E-state index contributed by atoms with van der Waals surface area (Å²) < 4.78 is 2.01. The molecule has 3 rings (SSSR count). The Morgan fingerprint density at radius 3 is 2.69 bits per heavy atom. The second-order valence-corrected chi connectivity index (χ2v) is 8.81. The molecule has 7 heteroatoms. The summed E-state index contributed by atoms with van der Waals surface area (Å²) in [6, 6.07) is 13.8. The Kier molecular flexibility index (Phi) is 6.98. The van der Waals surface area contributed by atoms with Crippen LogP contribution in [-0.4, -0.2) is 33.0 Å². The van der Waals surface area contributed by atoms with E-state index in [2.05, 4.69) is 61.4 Å². The molecule has 152 valence electrons. The Hall–Kier alpha value is -2.31. The predicted molar refractivity (Wildman–Crippen MR) is 120 cm³/mol. The lowest BCUT2D eigenvalue weighted by Crippen LogP contribution is -2.28. The maximum atomic E-state index is 12.2. The van der Waals surface area contributed by atoms with Gasteiger partial charge < -0.3 is 5.32 Å². The molecule has 0 aliphatic heterocycles. The van der Waals surface area contributed by atoms with E-state index in [1.807, 2.05) is 28.8 Å². The molecule has 0 radical (unpaired) electrons. The van der Waals surface area contributed by atoms with Crippen LogP contribution in [0.1, 0.15) is 25.0 Å². The van der Waals surface area contributed by atoms with Crippen LogP contribution < -0.4 is 5.32 Å². The van der Waals surface area contributed by atoms with Gasteiger partial charge in [-0.05, 0) is 49.1 Å². The molecule has 0 aliphatic rings. The monoisotopic (exact) mass is 428 g/mol. The highest BCUT2D eigenvalue weighted by Gasteiger charge is 2.19.